The summed E-state index contributed by atoms with van der Waals surface area (Å²) in [6, 6.07) is 14.7. The molecular weight excluding hydrogens is 527 g/mol. The van der Waals surface area contributed by atoms with Crippen LogP contribution in [0.3, 0.4) is 0 Å². The topological polar surface area (TPSA) is 104 Å². The van der Waals surface area contributed by atoms with Gasteiger partial charge >= 0.3 is 12.4 Å². The molecule has 1 aromatic heterocycles. The molecule has 1 fully saturated rings. The predicted molar refractivity (Wildman–Crippen MR) is 141 cm³/mol. The molecule has 1 aliphatic heterocycles. The third kappa shape index (κ3) is 6.23. The lowest BCUT2D eigenvalue weighted by molar-refractivity contribution is -0.274. The maximum atomic E-state index is 13.4. The Morgan fingerprint density at radius 3 is 2.35 bits per heavy atom. The van der Waals surface area contributed by atoms with Crippen molar-refractivity contribution in [2.75, 3.05) is 17.3 Å². The van der Waals surface area contributed by atoms with E-state index in [1.807, 2.05) is 18.2 Å². The summed E-state index contributed by atoms with van der Waals surface area (Å²) >= 11 is 0. The molecule has 2 heterocycles. The number of rotatable bonds is 9. The molecule has 1 aliphatic rings. The number of aromatic nitrogens is 1. The number of benzene rings is 2. The molecule has 0 radical (unpaired) electrons. The Morgan fingerprint density at radius 2 is 1.73 bits per heavy atom. The Labute approximate surface area is 228 Å². The monoisotopic (exact) mass is 555 g/mol. The van der Waals surface area contributed by atoms with Gasteiger partial charge in [0, 0.05) is 31.4 Å². The smallest absolute Gasteiger partial charge is 0.404 e. The van der Waals surface area contributed by atoms with Crippen LogP contribution in [0, 0.1) is 0 Å². The van der Waals surface area contributed by atoms with Gasteiger partial charge in [-0.3, -0.25) is 14.6 Å². The second-order valence-corrected chi connectivity index (χ2v) is 9.66. The van der Waals surface area contributed by atoms with Crippen molar-refractivity contribution in [2.24, 2.45) is 0 Å². The van der Waals surface area contributed by atoms with Crippen molar-refractivity contribution in [2.45, 2.75) is 44.8 Å². The lowest BCUT2D eigenvalue weighted by Gasteiger charge is -2.27. The Morgan fingerprint density at radius 1 is 1.05 bits per heavy atom. The van der Waals surface area contributed by atoms with Crippen LogP contribution in [0.25, 0.3) is 0 Å². The number of nitrogens with zero attached hydrogens (tertiary/aromatic N) is 3. The number of hydrogen-bond donors (Lipinski definition) is 2. The van der Waals surface area contributed by atoms with E-state index in [-0.39, 0.29) is 24.3 Å². The second-order valence-electron chi connectivity index (χ2n) is 9.66. The molecule has 0 bridgehead atoms. The van der Waals surface area contributed by atoms with Gasteiger partial charge in [-0.15, -0.1) is 13.2 Å². The fourth-order valence-corrected chi connectivity index (χ4v) is 4.43. The van der Waals surface area contributed by atoms with Crippen molar-refractivity contribution in [1.29, 1.82) is 0 Å². The predicted octanol–water partition coefficient (Wildman–Crippen LogP) is 5.02. The van der Waals surface area contributed by atoms with Crippen molar-refractivity contribution >= 4 is 29.2 Å². The SMILES string of the molecule is CNC(CC(=O)Nc1cc(N2C(=O)N(Cc3ccncc3)C(C)(C)C2=O)ccc1OC(F)(F)F)c1ccccc1. The molecule has 210 valence electrons. The second kappa shape index (κ2) is 11.3. The summed E-state index contributed by atoms with van der Waals surface area (Å²) in [4.78, 5) is 45.9. The molecule has 4 amide bonds. The molecule has 1 atom stereocenters. The number of amides is 4. The number of ether oxygens (including phenoxy) is 1. The number of halogens is 3. The van der Waals surface area contributed by atoms with Gasteiger partial charge < -0.3 is 20.3 Å². The van der Waals surface area contributed by atoms with Crippen molar-refractivity contribution in [1.82, 2.24) is 15.2 Å². The quantitative estimate of drug-likeness (QED) is 0.360. The third-order valence-electron chi connectivity index (χ3n) is 6.57. The zero-order valence-corrected chi connectivity index (χ0v) is 22.0. The lowest BCUT2D eigenvalue weighted by atomic mass is 10.0. The highest BCUT2D eigenvalue weighted by molar-refractivity contribution is 6.23. The van der Waals surface area contributed by atoms with Gasteiger partial charge in [-0.25, -0.2) is 9.69 Å². The molecule has 40 heavy (non-hydrogen) atoms. The highest BCUT2D eigenvalue weighted by Gasteiger charge is 2.52. The van der Waals surface area contributed by atoms with E-state index in [0.717, 1.165) is 28.2 Å². The summed E-state index contributed by atoms with van der Waals surface area (Å²) in [5.41, 5.74) is -0.0522. The first-order chi connectivity index (χ1) is 18.9. The lowest BCUT2D eigenvalue weighted by Crippen LogP contribution is -2.43. The number of nitrogens with one attached hydrogen (secondary N) is 2. The zero-order valence-electron chi connectivity index (χ0n) is 22.0. The van der Waals surface area contributed by atoms with E-state index in [4.69, 9.17) is 0 Å². The Hall–Kier alpha value is -4.45. The van der Waals surface area contributed by atoms with E-state index in [0.29, 0.717) is 0 Å². The van der Waals surface area contributed by atoms with Crippen LogP contribution in [0.5, 0.6) is 5.75 Å². The van der Waals surface area contributed by atoms with E-state index >= 15 is 0 Å². The van der Waals surface area contributed by atoms with Gasteiger partial charge in [0.05, 0.1) is 11.4 Å². The zero-order chi connectivity index (χ0) is 29.1. The largest absolute Gasteiger partial charge is 0.573 e. The first kappa shape index (κ1) is 28.6. The van der Waals surface area contributed by atoms with Gasteiger partial charge in [0.25, 0.3) is 5.91 Å². The maximum absolute atomic E-state index is 13.4. The third-order valence-corrected chi connectivity index (χ3v) is 6.57. The van der Waals surface area contributed by atoms with Gasteiger partial charge in [0.15, 0.2) is 5.75 Å². The first-order valence-electron chi connectivity index (χ1n) is 12.4. The van der Waals surface area contributed by atoms with Crippen molar-refractivity contribution in [3.8, 4) is 5.75 Å². The van der Waals surface area contributed by atoms with E-state index in [1.165, 1.54) is 11.0 Å². The Bertz CT molecular complexity index is 1380. The summed E-state index contributed by atoms with van der Waals surface area (Å²) in [5, 5.41) is 5.47. The minimum absolute atomic E-state index is 0.0154. The van der Waals surface area contributed by atoms with E-state index in [9.17, 15) is 27.6 Å². The molecule has 4 rings (SSSR count). The van der Waals surface area contributed by atoms with Crippen LogP contribution in [-0.4, -0.2) is 46.7 Å². The first-order valence-corrected chi connectivity index (χ1v) is 12.4. The molecule has 1 unspecified atom stereocenters. The molecule has 3 aromatic rings. The molecule has 2 aromatic carbocycles. The number of imide groups is 1. The van der Waals surface area contributed by atoms with E-state index < -0.39 is 41.5 Å². The van der Waals surface area contributed by atoms with Gasteiger partial charge in [0.2, 0.25) is 5.91 Å². The number of carbonyl (C=O) groups excluding carboxylic acids is 3. The van der Waals surface area contributed by atoms with Crippen molar-refractivity contribution in [3.63, 3.8) is 0 Å². The number of hydrogen-bond acceptors (Lipinski definition) is 6. The van der Waals surface area contributed by atoms with Gasteiger partial charge in [-0.1, -0.05) is 30.3 Å². The normalized spacial score (nSPS) is 15.8. The van der Waals surface area contributed by atoms with E-state index in [2.05, 4.69) is 20.4 Å². The highest BCUT2D eigenvalue weighted by Crippen LogP contribution is 2.38. The van der Waals surface area contributed by atoms with Crippen LogP contribution in [0.2, 0.25) is 0 Å². The van der Waals surface area contributed by atoms with Crippen LogP contribution < -0.4 is 20.3 Å². The maximum Gasteiger partial charge on any atom is 0.573 e. The van der Waals surface area contributed by atoms with Gasteiger partial charge in [-0.2, -0.15) is 0 Å². The number of carbonyl (C=O) groups is 3. The number of urea groups is 1. The summed E-state index contributed by atoms with van der Waals surface area (Å²) in [5.74, 6) is -1.86. The molecule has 0 saturated carbocycles. The summed E-state index contributed by atoms with van der Waals surface area (Å²) in [6.45, 7) is 3.28. The van der Waals surface area contributed by atoms with Crippen LogP contribution in [0.4, 0.5) is 29.3 Å². The Balaban J connectivity index is 1.63. The summed E-state index contributed by atoms with van der Waals surface area (Å²) in [7, 11) is 1.66. The minimum Gasteiger partial charge on any atom is -0.404 e. The minimum atomic E-state index is -5.04. The number of anilines is 2. The molecule has 0 aliphatic carbocycles. The Kier molecular flexibility index (Phi) is 8.10. The van der Waals surface area contributed by atoms with E-state index in [1.54, 1.807) is 57.6 Å². The van der Waals surface area contributed by atoms with Crippen LogP contribution in [0.15, 0.2) is 73.1 Å². The molecule has 9 nitrogen and oxygen atoms in total. The molecule has 2 N–H and O–H groups in total. The van der Waals surface area contributed by atoms with Gasteiger partial charge in [0.1, 0.15) is 5.54 Å². The summed E-state index contributed by atoms with van der Waals surface area (Å²) in [6.07, 6.45) is -2.02. The van der Waals surface area contributed by atoms with Crippen LogP contribution in [0.1, 0.15) is 37.4 Å². The average Bonchev–Trinajstić information content (AvgIpc) is 3.07. The van der Waals surface area contributed by atoms with Gasteiger partial charge in [-0.05, 0) is 62.4 Å². The summed E-state index contributed by atoms with van der Waals surface area (Å²) < 4.78 is 43.6. The molecule has 0 spiro atoms. The fourth-order valence-electron chi connectivity index (χ4n) is 4.43. The van der Waals surface area contributed by atoms with Crippen LogP contribution >= 0.6 is 0 Å². The number of alkyl halides is 3. The fraction of sp³-hybridized carbons (Fsp3) is 0.286. The number of pyridine rings is 1. The van der Waals surface area contributed by atoms with Crippen LogP contribution in [-0.2, 0) is 16.1 Å². The molecular formula is C28H28F3N5O4. The molecule has 12 heteroatoms. The average molecular weight is 556 g/mol. The highest BCUT2D eigenvalue weighted by atomic mass is 19.4. The van der Waals surface area contributed by atoms with Crippen molar-refractivity contribution < 1.29 is 32.3 Å². The standard InChI is InChI=1S/C28H28F3N5O4/c1-27(2)25(38)36(26(39)35(27)17-18-11-13-33-14-12-18)20-9-10-23(40-28(29,30)31)22(15-20)34-24(37)16-21(32-3)19-7-5-4-6-8-19/h4-15,21,32H,16-17H2,1-3H3,(H,34,37). The molecule has 1 saturated heterocycles. The van der Waals surface area contributed by atoms with Crippen molar-refractivity contribution in [3.05, 3.63) is 84.2 Å².